The van der Waals surface area contributed by atoms with Crippen molar-refractivity contribution in [3.05, 3.63) is 65.2 Å². The highest BCUT2D eigenvalue weighted by Crippen LogP contribution is 2.40. The van der Waals surface area contributed by atoms with Gasteiger partial charge in [0.05, 0.1) is 38.0 Å². The Bertz CT molecular complexity index is 1080. The number of Topliss-reactive ketones (excluding diaryl/α,β-unsaturated/α-hetero) is 1. The zero-order valence-corrected chi connectivity index (χ0v) is 20.2. The zero-order valence-electron chi connectivity index (χ0n) is 20.2. The van der Waals surface area contributed by atoms with Gasteiger partial charge in [0.2, 0.25) is 0 Å². The molecule has 2 saturated heterocycles. The van der Waals surface area contributed by atoms with Crippen molar-refractivity contribution in [3.63, 3.8) is 0 Å². The van der Waals surface area contributed by atoms with Crippen molar-refractivity contribution in [2.75, 3.05) is 52.6 Å². The number of aliphatic hydroxyl groups is 1. The summed E-state index contributed by atoms with van der Waals surface area (Å²) in [7, 11) is 0. The van der Waals surface area contributed by atoms with Gasteiger partial charge in [-0.2, -0.15) is 0 Å². The predicted octanol–water partition coefficient (Wildman–Crippen LogP) is 3.24. The number of aliphatic hydroxyl groups excluding tert-OH is 1. The van der Waals surface area contributed by atoms with Crippen LogP contribution in [0.3, 0.4) is 0 Å². The number of benzene rings is 2. The molecule has 2 fully saturated rings. The maximum atomic E-state index is 13.2. The highest BCUT2D eigenvalue weighted by atomic mass is 16.5. The number of ketones is 1. The van der Waals surface area contributed by atoms with E-state index in [0.717, 1.165) is 18.7 Å². The molecule has 0 aromatic heterocycles. The van der Waals surface area contributed by atoms with Gasteiger partial charge in [-0.1, -0.05) is 24.3 Å². The Morgan fingerprint density at radius 2 is 1.66 bits per heavy atom. The molecule has 1 N–H and O–H groups in total. The van der Waals surface area contributed by atoms with Gasteiger partial charge in [-0.25, -0.2) is 0 Å². The molecular formula is C27H32N2O6. The summed E-state index contributed by atoms with van der Waals surface area (Å²) in [5, 5.41) is 11.3. The van der Waals surface area contributed by atoms with Crippen LogP contribution in [0.15, 0.2) is 54.1 Å². The van der Waals surface area contributed by atoms with Crippen molar-refractivity contribution in [1.82, 2.24) is 9.80 Å². The average Bonchev–Trinajstić information content (AvgIpc) is 3.13. The Morgan fingerprint density at radius 1 is 0.971 bits per heavy atom. The van der Waals surface area contributed by atoms with Crippen LogP contribution in [0.5, 0.6) is 11.5 Å². The molecule has 8 heteroatoms. The minimum atomic E-state index is -0.706. The van der Waals surface area contributed by atoms with Crippen LogP contribution >= 0.6 is 0 Å². The molecule has 0 radical (unpaired) electrons. The number of rotatable bonds is 9. The monoisotopic (exact) mass is 480 g/mol. The van der Waals surface area contributed by atoms with Crippen LogP contribution in [0.25, 0.3) is 5.76 Å². The van der Waals surface area contributed by atoms with Crippen LogP contribution in [0.2, 0.25) is 0 Å². The van der Waals surface area contributed by atoms with E-state index in [2.05, 4.69) is 4.90 Å². The Balaban J connectivity index is 1.72. The quantitative estimate of drug-likeness (QED) is 0.335. The molecule has 0 aliphatic carbocycles. The van der Waals surface area contributed by atoms with Crippen LogP contribution in [0, 0.1) is 0 Å². The third kappa shape index (κ3) is 5.49. The summed E-state index contributed by atoms with van der Waals surface area (Å²) in [5.41, 5.74) is 1.24. The SMILES string of the molecule is CCOc1ccc(C2C(=C(O)c3cccc(OCC)c3)C(=O)C(=O)N2CCN2CCOCC2)cc1. The first-order chi connectivity index (χ1) is 17.0. The molecule has 1 unspecified atom stereocenters. The van der Waals surface area contributed by atoms with Gasteiger partial charge in [-0.3, -0.25) is 14.5 Å². The molecule has 2 heterocycles. The largest absolute Gasteiger partial charge is 0.507 e. The van der Waals surface area contributed by atoms with Gasteiger partial charge in [0.15, 0.2) is 0 Å². The highest BCUT2D eigenvalue weighted by molar-refractivity contribution is 6.46. The van der Waals surface area contributed by atoms with E-state index < -0.39 is 17.7 Å². The fourth-order valence-electron chi connectivity index (χ4n) is 4.50. The zero-order chi connectivity index (χ0) is 24.8. The van der Waals surface area contributed by atoms with Gasteiger partial charge in [-0.15, -0.1) is 0 Å². The Kier molecular flexibility index (Phi) is 8.05. The molecule has 1 amide bonds. The van der Waals surface area contributed by atoms with Gasteiger partial charge in [0, 0.05) is 31.7 Å². The standard InChI is InChI=1S/C27H32N2O6/c1-3-34-21-10-8-19(9-11-21)24-23(25(30)20-6-5-7-22(18-20)35-4-2)26(31)27(32)29(24)13-12-28-14-16-33-17-15-28/h5-11,18,24,30H,3-4,12-17H2,1-2H3. The molecule has 2 aromatic carbocycles. The number of amides is 1. The van der Waals surface area contributed by atoms with Crippen molar-refractivity contribution < 1.29 is 28.9 Å². The molecule has 186 valence electrons. The van der Waals surface area contributed by atoms with Gasteiger partial charge in [-0.05, 0) is 43.7 Å². The fourth-order valence-corrected chi connectivity index (χ4v) is 4.50. The first-order valence-electron chi connectivity index (χ1n) is 12.1. The lowest BCUT2D eigenvalue weighted by Crippen LogP contribution is -2.42. The summed E-state index contributed by atoms with van der Waals surface area (Å²) in [6.45, 7) is 8.62. The highest BCUT2D eigenvalue weighted by Gasteiger charge is 2.46. The van der Waals surface area contributed by atoms with Crippen molar-refractivity contribution in [2.24, 2.45) is 0 Å². The van der Waals surface area contributed by atoms with E-state index in [1.807, 2.05) is 38.1 Å². The second kappa shape index (κ2) is 11.4. The van der Waals surface area contributed by atoms with Crippen LogP contribution in [-0.4, -0.2) is 79.2 Å². The normalized spacial score (nSPS) is 20.3. The Labute approximate surface area is 205 Å². The molecule has 1 atom stereocenters. The number of carbonyl (C=O) groups excluding carboxylic acids is 2. The second-order valence-electron chi connectivity index (χ2n) is 8.41. The molecule has 35 heavy (non-hydrogen) atoms. The summed E-state index contributed by atoms with van der Waals surface area (Å²) in [6, 6.07) is 13.5. The predicted molar refractivity (Wildman–Crippen MR) is 131 cm³/mol. The molecule has 0 spiro atoms. The average molecular weight is 481 g/mol. The number of carbonyl (C=O) groups is 2. The first-order valence-corrected chi connectivity index (χ1v) is 12.1. The Morgan fingerprint density at radius 3 is 2.34 bits per heavy atom. The number of hydrogen-bond acceptors (Lipinski definition) is 7. The Hall–Kier alpha value is -3.36. The molecule has 2 aliphatic rings. The lowest BCUT2D eigenvalue weighted by atomic mass is 9.95. The van der Waals surface area contributed by atoms with Crippen molar-refractivity contribution in [2.45, 2.75) is 19.9 Å². The third-order valence-corrected chi connectivity index (χ3v) is 6.23. The summed E-state index contributed by atoms with van der Waals surface area (Å²) >= 11 is 0. The molecule has 0 saturated carbocycles. The summed E-state index contributed by atoms with van der Waals surface area (Å²) in [6.07, 6.45) is 0. The lowest BCUT2D eigenvalue weighted by molar-refractivity contribution is -0.140. The van der Waals surface area contributed by atoms with Crippen LogP contribution in [0.4, 0.5) is 0 Å². The van der Waals surface area contributed by atoms with Crippen molar-refractivity contribution in [1.29, 1.82) is 0 Å². The minimum Gasteiger partial charge on any atom is -0.507 e. The smallest absolute Gasteiger partial charge is 0.295 e. The van der Waals surface area contributed by atoms with Gasteiger partial charge < -0.3 is 24.2 Å². The van der Waals surface area contributed by atoms with E-state index in [4.69, 9.17) is 14.2 Å². The van der Waals surface area contributed by atoms with E-state index in [1.165, 1.54) is 0 Å². The van der Waals surface area contributed by atoms with E-state index >= 15 is 0 Å². The molecule has 0 bridgehead atoms. The minimum absolute atomic E-state index is 0.0785. The van der Waals surface area contributed by atoms with E-state index in [1.54, 1.807) is 29.2 Å². The van der Waals surface area contributed by atoms with Crippen molar-refractivity contribution >= 4 is 17.4 Å². The fraction of sp³-hybridized carbons (Fsp3) is 0.407. The molecule has 8 nitrogen and oxygen atoms in total. The maximum absolute atomic E-state index is 13.2. The van der Waals surface area contributed by atoms with E-state index in [9.17, 15) is 14.7 Å². The van der Waals surface area contributed by atoms with E-state index in [0.29, 0.717) is 56.6 Å². The van der Waals surface area contributed by atoms with Crippen LogP contribution in [-0.2, 0) is 14.3 Å². The summed E-state index contributed by atoms with van der Waals surface area (Å²) in [4.78, 5) is 30.2. The van der Waals surface area contributed by atoms with Crippen molar-refractivity contribution in [3.8, 4) is 11.5 Å². The van der Waals surface area contributed by atoms with Crippen LogP contribution in [0.1, 0.15) is 31.0 Å². The number of ether oxygens (including phenoxy) is 3. The lowest BCUT2D eigenvalue weighted by Gasteiger charge is -2.31. The summed E-state index contributed by atoms with van der Waals surface area (Å²) < 4.78 is 16.5. The number of morpholine rings is 1. The van der Waals surface area contributed by atoms with Gasteiger partial charge in [0.25, 0.3) is 11.7 Å². The second-order valence-corrected chi connectivity index (χ2v) is 8.41. The topological polar surface area (TPSA) is 88.5 Å². The number of nitrogens with zero attached hydrogens (tertiary/aromatic N) is 2. The molecular weight excluding hydrogens is 448 g/mol. The molecule has 2 aliphatic heterocycles. The first kappa shape index (κ1) is 24.8. The number of likely N-dealkylation sites (tertiary alicyclic amines) is 1. The molecule has 2 aromatic rings. The summed E-state index contributed by atoms with van der Waals surface area (Å²) in [5.74, 6) is -0.232. The third-order valence-electron chi connectivity index (χ3n) is 6.23. The molecule has 4 rings (SSSR count). The number of hydrogen-bond donors (Lipinski definition) is 1. The van der Waals surface area contributed by atoms with Crippen LogP contribution < -0.4 is 9.47 Å². The van der Waals surface area contributed by atoms with Gasteiger partial charge >= 0.3 is 0 Å². The van der Waals surface area contributed by atoms with E-state index in [-0.39, 0.29) is 11.3 Å². The van der Waals surface area contributed by atoms with Gasteiger partial charge in [0.1, 0.15) is 17.3 Å². The maximum Gasteiger partial charge on any atom is 0.295 e.